The van der Waals surface area contributed by atoms with E-state index in [2.05, 4.69) is 5.32 Å². The Labute approximate surface area is 101 Å². The van der Waals surface area contributed by atoms with Gasteiger partial charge in [0.25, 0.3) is 0 Å². The van der Waals surface area contributed by atoms with Gasteiger partial charge in [0, 0.05) is 19.8 Å². The number of methoxy groups -OCH3 is 1. The van der Waals surface area contributed by atoms with Crippen LogP contribution in [0, 0.1) is 5.82 Å². The minimum Gasteiger partial charge on any atom is -0.385 e. The molecule has 0 saturated carbocycles. The fourth-order valence-electron chi connectivity index (χ4n) is 1.64. The Morgan fingerprint density at radius 2 is 2.25 bits per heavy atom. The van der Waals surface area contributed by atoms with E-state index >= 15 is 0 Å². The van der Waals surface area contributed by atoms with Crippen molar-refractivity contribution in [2.45, 2.75) is 18.9 Å². The number of benzene rings is 1. The van der Waals surface area contributed by atoms with Gasteiger partial charge in [0.05, 0.1) is 5.02 Å². The molecule has 0 heterocycles. The van der Waals surface area contributed by atoms with E-state index in [1.165, 1.54) is 6.07 Å². The Hall–Kier alpha value is -0.640. The van der Waals surface area contributed by atoms with E-state index in [1.807, 2.05) is 7.05 Å². The van der Waals surface area contributed by atoms with Crippen molar-refractivity contribution in [3.05, 3.63) is 34.6 Å². The van der Waals surface area contributed by atoms with Gasteiger partial charge in [-0.15, -0.1) is 0 Å². The second-order valence-electron chi connectivity index (χ2n) is 3.65. The van der Waals surface area contributed by atoms with E-state index in [-0.39, 0.29) is 16.9 Å². The summed E-state index contributed by atoms with van der Waals surface area (Å²) in [6.07, 6.45) is 1.89. The molecule has 1 aromatic rings. The first-order valence-corrected chi connectivity index (χ1v) is 5.68. The van der Waals surface area contributed by atoms with Crippen LogP contribution in [0.4, 0.5) is 4.39 Å². The van der Waals surface area contributed by atoms with E-state index in [0.717, 1.165) is 25.0 Å². The van der Waals surface area contributed by atoms with Gasteiger partial charge in [-0.25, -0.2) is 4.39 Å². The van der Waals surface area contributed by atoms with Crippen LogP contribution in [0.15, 0.2) is 18.2 Å². The molecule has 2 nitrogen and oxygen atoms in total. The van der Waals surface area contributed by atoms with Crippen molar-refractivity contribution in [2.75, 3.05) is 20.8 Å². The monoisotopic (exact) mass is 245 g/mol. The van der Waals surface area contributed by atoms with E-state index in [0.29, 0.717) is 0 Å². The average molecular weight is 246 g/mol. The third-order valence-electron chi connectivity index (χ3n) is 2.54. The molecule has 0 amide bonds. The summed E-state index contributed by atoms with van der Waals surface area (Å²) in [4.78, 5) is 0. The Morgan fingerprint density at radius 3 is 2.81 bits per heavy atom. The third-order valence-corrected chi connectivity index (χ3v) is 2.83. The Bertz CT molecular complexity index is 333. The molecule has 0 fully saturated rings. The van der Waals surface area contributed by atoms with Crippen molar-refractivity contribution in [2.24, 2.45) is 0 Å². The molecular formula is C12H17ClFNO. The van der Waals surface area contributed by atoms with Gasteiger partial charge in [-0.2, -0.15) is 0 Å². The summed E-state index contributed by atoms with van der Waals surface area (Å²) >= 11 is 5.75. The number of nitrogens with one attached hydrogen (secondary N) is 1. The van der Waals surface area contributed by atoms with Crippen LogP contribution in [-0.4, -0.2) is 20.8 Å². The van der Waals surface area contributed by atoms with Crippen LogP contribution in [-0.2, 0) is 4.74 Å². The standard InChI is InChI=1S/C12H17ClFNO/c1-15-12(4-3-7-16-2)9-5-6-11(14)10(13)8-9/h5-6,8,12,15H,3-4,7H2,1-2H3. The molecule has 90 valence electrons. The number of rotatable bonds is 6. The Balaban J connectivity index is 2.67. The first-order valence-electron chi connectivity index (χ1n) is 5.30. The lowest BCUT2D eigenvalue weighted by Gasteiger charge is -2.16. The lowest BCUT2D eigenvalue weighted by molar-refractivity contribution is 0.189. The van der Waals surface area contributed by atoms with Gasteiger partial charge in [0.2, 0.25) is 0 Å². The number of hydrogen-bond acceptors (Lipinski definition) is 2. The van der Waals surface area contributed by atoms with Crippen LogP contribution in [0.3, 0.4) is 0 Å². The highest BCUT2D eigenvalue weighted by Gasteiger charge is 2.10. The van der Waals surface area contributed by atoms with Gasteiger partial charge in [0.15, 0.2) is 0 Å². The van der Waals surface area contributed by atoms with E-state index in [1.54, 1.807) is 19.2 Å². The van der Waals surface area contributed by atoms with Gasteiger partial charge in [-0.3, -0.25) is 0 Å². The van der Waals surface area contributed by atoms with Crippen LogP contribution in [0.25, 0.3) is 0 Å². The topological polar surface area (TPSA) is 21.3 Å². The minimum atomic E-state index is -0.378. The van der Waals surface area contributed by atoms with Crippen molar-refractivity contribution in [1.82, 2.24) is 5.32 Å². The summed E-state index contributed by atoms with van der Waals surface area (Å²) in [5, 5.41) is 3.36. The maximum Gasteiger partial charge on any atom is 0.141 e. The molecule has 0 aliphatic carbocycles. The molecule has 1 N–H and O–H groups in total. The number of halogens is 2. The van der Waals surface area contributed by atoms with Crippen LogP contribution in [0.2, 0.25) is 5.02 Å². The normalized spacial score (nSPS) is 12.8. The molecule has 1 rings (SSSR count). The first-order chi connectivity index (χ1) is 7.69. The fourth-order valence-corrected chi connectivity index (χ4v) is 1.83. The number of ether oxygens (including phenoxy) is 1. The minimum absolute atomic E-state index is 0.171. The Kier molecular flexibility index (Phi) is 5.74. The summed E-state index contributed by atoms with van der Waals surface area (Å²) < 4.78 is 18.0. The van der Waals surface area contributed by atoms with Crippen molar-refractivity contribution in [1.29, 1.82) is 0 Å². The van der Waals surface area contributed by atoms with Crippen molar-refractivity contribution in [3.8, 4) is 0 Å². The van der Waals surface area contributed by atoms with Crippen LogP contribution in [0.1, 0.15) is 24.4 Å². The van der Waals surface area contributed by atoms with Gasteiger partial charge < -0.3 is 10.1 Å². The van der Waals surface area contributed by atoms with E-state index < -0.39 is 0 Å². The summed E-state index contributed by atoms with van der Waals surface area (Å²) in [6.45, 7) is 0.729. The van der Waals surface area contributed by atoms with Crippen LogP contribution >= 0.6 is 11.6 Å². The molecule has 0 spiro atoms. The maximum atomic E-state index is 13.0. The Morgan fingerprint density at radius 1 is 1.50 bits per heavy atom. The second-order valence-corrected chi connectivity index (χ2v) is 4.06. The predicted octanol–water partition coefficient (Wildman–Crippen LogP) is 3.17. The molecule has 16 heavy (non-hydrogen) atoms. The lowest BCUT2D eigenvalue weighted by atomic mass is 10.0. The third kappa shape index (κ3) is 3.74. The van der Waals surface area contributed by atoms with Gasteiger partial charge in [-0.05, 0) is 37.6 Å². The lowest BCUT2D eigenvalue weighted by Crippen LogP contribution is -2.17. The van der Waals surface area contributed by atoms with Crippen molar-refractivity contribution in [3.63, 3.8) is 0 Å². The predicted molar refractivity (Wildman–Crippen MR) is 64.3 cm³/mol. The van der Waals surface area contributed by atoms with E-state index in [4.69, 9.17) is 16.3 Å². The molecule has 0 radical (unpaired) electrons. The van der Waals surface area contributed by atoms with Gasteiger partial charge >= 0.3 is 0 Å². The highest BCUT2D eigenvalue weighted by molar-refractivity contribution is 6.30. The van der Waals surface area contributed by atoms with Crippen molar-refractivity contribution >= 4 is 11.6 Å². The van der Waals surface area contributed by atoms with Crippen LogP contribution in [0.5, 0.6) is 0 Å². The molecule has 0 saturated heterocycles. The van der Waals surface area contributed by atoms with Gasteiger partial charge in [0.1, 0.15) is 5.82 Å². The van der Waals surface area contributed by atoms with Crippen LogP contribution < -0.4 is 5.32 Å². The highest BCUT2D eigenvalue weighted by Crippen LogP contribution is 2.23. The average Bonchev–Trinajstić information content (AvgIpc) is 2.29. The zero-order valence-corrected chi connectivity index (χ0v) is 10.4. The maximum absolute atomic E-state index is 13.0. The quantitative estimate of drug-likeness (QED) is 0.778. The SMILES string of the molecule is CNC(CCCOC)c1ccc(F)c(Cl)c1. The van der Waals surface area contributed by atoms with Crippen molar-refractivity contribution < 1.29 is 9.13 Å². The molecule has 1 unspecified atom stereocenters. The zero-order valence-electron chi connectivity index (χ0n) is 9.59. The smallest absolute Gasteiger partial charge is 0.141 e. The summed E-state index contributed by atoms with van der Waals surface area (Å²) in [7, 11) is 3.57. The zero-order chi connectivity index (χ0) is 12.0. The molecule has 0 aliphatic heterocycles. The van der Waals surface area contributed by atoms with Gasteiger partial charge in [-0.1, -0.05) is 17.7 Å². The van der Waals surface area contributed by atoms with E-state index in [9.17, 15) is 4.39 Å². The summed E-state index contributed by atoms with van der Waals surface area (Å²) in [5.74, 6) is -0.378. The second kappa shape index (κ2) is 6.84. The highest BCUT2D eigenvalue weighted by atomic mass is 35.5. The fraction of sp³-hybridized carbons (Fsp3) is 0.500. The molecule has 0 bridgehead atoms. The molecule has 1 atom stereocenters. The molecule has 0 aliphatic rings. The molecule has 1 aromatic carbocycles. The largest absolute Gasteiger partial charge is 0.385 e. The first kappa shape index (κ1) is 13.4. The number of hydrogen-bond donors (Lipinski definition) is 1. The molecule has 0 aromatic heterocycles. The summed E-state index contributed by atoms with van der Waals surface area (Å²) in [5.41, 5.74) is 1.00. The molecular weight excluding hydrogens is 229 g/mol. The molecule has 4 heteroatoms. The summed E-state index contributed by atoms with van der Waals surface area (Å²) in [6, 6.07) is 5.02.